The molecule has 1 fully saturated rings. The van der Waals surface area contributed by atoms with Gasteiger partial charge in [-0.1, -0.05) is 0 Å². The van der Waals surface area contributed by atoms with Crippen LogP contribution in [0.25, 0.3) is 0 Å². The number of carbonyl (C=O) groups is 1. The summed E-state index contributed by atoms with van der Waals surface area (Å²) in [6.45, 7) is 0.929. The van der Waals surface area contributed by atoms with Crippen LogP contribution >= 0.6 is 12.4 Å². The highest BCUT2D eigenvalue weighted by molar-refractivity contribution is 6.04. The molecular formula is C18H22ClN3O3. The number of amides is 1. The second-order valence-electron chi connectivity index (χ2n) is 5.67. The van der Waals surface area contributed by atoms with Crippen molar-refractivity contribution in [2.75, 3.05) is 18.5 Å². The molecule has 1 aromatic heterocycles. The number of ether oxygens (including phenoxy) is 2. The Hall–Kier alpha value is -2.31. The summed E-state index contributed by atoms with van der Waals surface area (Å²) in [6.07, 6.45) is 5.12. The summed E-state index contributed by atoms with van der Waals surface area (Å²) in [6, 6.07) is 10.5. The van der Waals surface area contributed by atoms with Crippen molar-refractivity contribution in [1.29, 1.82) is 0 Å². The third kappa shape index (κ3) is 5.34. The molecule has 0 spiro atoms. The van der Waals surface area contributed by atoms with Gasteiger partial charge >= 0.3 is 0 Å². The predicted molar refractivity (Wildman–Crippen MR) is 98.7 cm³/mol. The van der Waals surface area contributed by atoms with E-state index in [1.807, 2.05) is 0 Å². The number of nitrogens with two attached hydrogens (primary N) is 1. The maximum atomic E-state index is 12.4. The van der Waals surface area contributed by atoms with Gasteiger partial charge in [0.1, 0.15) is 18.5 Å². The number of anilines is 1. The fourth-order valence-electron chi connectivity index (χ4n) is 2.29. The third-order valence-electron chi connectivity index (χ3n) is 3.84. The molecule has 1 amide bonds. The molecule has 1 saturated carbocycles. The quantitative estimate of drug-likeness (QED) is 0.789. The first-order valence-corrected chi connectivity index (χ1v) is 8.11. The van der Waals surface area contributed by atoms with Crippen LogP contribution in [0.4, 0.5) is 5.69 Å². The molecule has 1 aromatic carbocycles. The van der Waals surface area contributed by atoms with E-state index >= 15 is 0 Å². The highest BCUT2D eigenvalue weighted by Crippen LogP contribution is 2.24. The molecule has 1 aliphatic rings. The topological polar surface area (TPSA) is 86.5 Å². The number of benzene rings is 1. The average Bonchev–Trinajstić information content (AvgIpc) is 2.58. The zero-order valence-corrected chi connectivity index (χ0v) is 14.6. The van der Waals surface area contributed by atoms with Crippen LogP contribution in [0.1, 0.15) is 29.6 Å². The van der Waals surface area contributed by atoms with Crippen LogP contribution in [0.15, 0.2) is 42.6 Å². The molecule has 0 saturated heterocycles. The van der Waals surface area contributed by atoms with Crippen LogP contribution in [-0.4, -0.2) is 30.1 Å². The van der Waals surface area contributed by atoms with E-state index in [4.69, 9.17) is 15.2 Å². The number of nitrogens with one attached hydrogen (secondary N) is 1. The van der Waals surface area contributed by atoms with Crippen molar-refractivity contribution in [2.45, 2.75) is 25.4 Å². The number of hydrogen-bond donors (Lipinski definition) is 2. The maximum absolute atomic E-state index is 12.4. The van der Waals surface area contributed by atoms with E-state index in [-0.39, 0.29) is 24.4 Å². The second-order valence-corrected chi connectivity index (χ2v) is 5.67. The van der Waals surface area contributed by atoms with E-state index in [2.05, 4.69) is 10.3 Å². The van der Waals surface area contributed by atoms with Gasteiger partial charge in [-0.25, -0.2) is 4.98 Å². The smallest absolute Gasteiger partial charge is 0.255 e. The summed E-state index contributed by atoms with van der Waals surface area (Å²) in [7, 11) is 0. The minimum absolute atomic E-state index is 0. The van der Waals surface area contributed by atoms with Gasteiger partial charge in [-0.2, -0.15) is 0 Å². The number of aromatic nitrogens is 1. The molecule has 3 rings (SSSR count). The van der Waals surface area contributed by atoms with E-state index in [0.717, 1.165) is 18.6 Å². The third-order valence-corrected chi connectivity index (χ3v) is 3.84. The first-order chi connectivity index (χ1) is 11.7. The van der Waals surface area contributed by atoms with Gasteiger partial charge < -0.3 is 20.5 Å². The van der Waals surface area contributed by atoms with E-state index in [1.54, 1.807) is 42.6 Å². The van der Waals surface area contributed by atoms with E-state index < -0.39 is 0 Å². The minimum Gasteiger partial charge on any atom is -0.492 e. The van der Waals surface area contributed by atoms with Gasteiger partial charge in [-0.05, 0) is 49.6 Å². The maximum Gasteiger partial charge on any atom is 0.255 e. The van der Waals surface area contributed by atoms with Crippen molar-refractivity contribution >= 4 is 24.0 Å². The predicted octanol–water partition coefficient (Wildman–Crippen LogP) is 3.02. The average molecular weight is 364 g/mol. The van der Waals surface area contributed by atoms with Crippen LogP contribution in [0, 0.1) is 0 Å². The molecule has 0 unspecified atom stereocenters. The second kappa shape index (κ2) is 9.25. The zero-order chi connectivity index (χ0) is 16.8. The lowest BCUT2D eigenvalue weighted by Gasteiger charge is -2.25. The molecular weight excluding hydrogens is 342 g/mol. The highest BCUT2D eigenvalue weighted by atomic mass is 35.5. The van der Waals surface area contributed by atoms with E-state index in [0.29, 0.717) is 30.3 Å². The molecule has 0 atom stereocenters. The van der Waals surface area contributed by atoms with Crippen LogP contribution in [0.3, 0.4) is 0 Å². The fraction of sp³-hybridized carbons (Fsp3) is 0.333. The standard InChI is InChI=1S/C18H21N3O3.ClH/c19-9-11-23-15-6-4-14(5-7-15)21-18(22)13-8-10-20-17(12-13)24-16-2-1-3-16;/h4-8,10,12,16H,1-3,9,11,19H2,(H,21,22);1H. The van der Waals surface area contributed by atoms with Crippen LogP contribution in [0.2, 0.25) is 0 Å². The number of halogens is 1. The van der Waals surface area contributed by atoms with Crippen molar-refractivity contribution in [1.82, 2.24) is 4.98 Å². The number of carbonyl (C=O) groups excluding carboxylic acids is 1. The Morgan fingerprint density at radius 2 is 2.00 bits per heavy atom. The Morgan fingerprint density at radius 3 is 2.64 bits per heavy atom. The monoisotopic (exact) mass is 363 g/mol. The van der Waals surface area contributed by atoms with Crippen LogP contribution in [-0.2, 0) is 0 Å². The molecule has 0 aliphatic heterocycles. The van der Waals surface area contributed by atoms with Gasteiger partial charge in [0, 0.05) is 30.1 Å². The molecule has 7 heteroatoms. The first kappa shape index (κ1) is 19.0. The molecule has 134 valence electrons. The summed E-state index contributed by atoms with van der Waals surface area (Å²) < 4.78 is 11.1. The van der Waals surface area contributed by atoms with Crippen LogP contribution < -0.4 is 20.5 Å². The highest BCUT2D eigenvalue weighted by Gasteiger charge is 2.20. The number of pyridine rings is 1. The van der Waals surface area contributed by atoms with Gasteiger partial charge in [0.2, 0.25) is 5.88 Å². The SMILES string of the molecule is Cl.NCCOc1ccc(NC(=O)c2ccnc(OC3CCC3)c2)cc1. The summed E-state index contributed by atoms with van der Waals surface area (Å²) >= 11 is 0. The number of hydrogen-bond acceptors (Lipinski definition) is 5. The summed E-state index contributed by atoms with van der Waals surface area (Å²) in [4.78, 5) is 16.5. The normalized spacial score (nSPS) is 13.3. The van der Waals surface area contributed by atoms with Gasteiger partial charge in [0.05, 0.1) is 0 Å². The lowest BCUT2D eigenvalue weighted by atomic mass is 9.96. The van der Waals surface area contributed by atoms with Gasteiger partial charge in [-0.3, -0.25) is 4.79 Å². The summed E-state index contributed by atoms with van der Waals surface area (Å²) in [5.74, 6) is 1.02. The Balaban J connectivity index is 0.00000225. The van der Waals surface area contributed by atoms with Crippen molar-refractivity contribution in [3.63, 3.8) is 0 Å². The number of nitrogens with zero attached hydrogens (tertiary/aromatic N) is 1. The van der Waals surface area contributed by atoms with Crippen LogP contribution in [0.5, 0.6) is 11.6 Å². The van der Waals surface area contributed by atoms with Gasteiger partial charge in [0.25, 0.3) is 5.91 Å². The Morgan fingerprint density at radius 1 is 1.24 bits per heavy atom. The zero-order valence-electron chi connectivity index (χ0n) is 13.8. The first-order valence-electron chi connectivity index (χ1n) is 8.11. The van der Waals surface area contributed by atoms with E-state index in [1.165, 1.54) is 6.42 Å². The van der Waals surface area contributed by atoms with E-state index in [9.17, 15) is 4.79 Å². The van der Waals surface area contributed by atoms with Crippen molar-refractivity contribution in [3.05, 3.63) is 48.2 Å². The Bertz CT molecular complexity index is 690. The summed E-state index contributed by atoms with van der Waals surface area (Å²) in [5.41, 5.74) is 6.60. The Labute approximate surface area is 153 Å². The molecule has 3 N–H and O–H groups in total. The summed E-state index contributed by atoms with van der Waals surface area (Å²) in [5, 5.41) is 2.85. The molecule has 1 aliphatic carbocycles. The fourth-order valence-corrected chi connectivity index (χ4v) is 2.29. The Kier molecular flexibility index (Phi) is 7.03. The largest absolute Gasteiger partial charge is 0.492 e. The lowest BCUT2D eigenvalue weighted by Crippen LogP contribution is -2.25. The molecule has 1 heterocycles. The number of rotatable bonds is 7. The molecule has 2 aromatic rings. The lowest BCUT2D eigenvalue weighted by molar-refractivity contribution is 0.101. The molecule has 25 heavy (non-hydrogen) atoms. The van der Waals surface area contributed by atoms with Crippen molar-refractivity contribution in [2.24, 2.45) is 5.73 Å². The van der Waals surface area contributed by atoms with Gasteiger partial charge in [-0.15, -0.1) is 12.4 Å². The van der Waals surface area contributed by atoms with Crippen molar-refractivity contribution < 1.29 is 14.3 Å². The van der Waals surface area contributed by atoms with Crippen molar-refractivity contribution in [3.8, 4) is 11.6 Å². The molecule has 0 radical (unpaired) electrons. The molecule has 6 nitrogen and oxygen atoms in total. The minimum atomic E-state index is -0.202. The molecule has 0 bridgehead atoms. The van der Waals surface area contributed by atoms with Gasteiger partial charge in [0.15, 0.2) is 0 Å².